The Morgan fingerprint density at radius 1 is 0.975 bits per heavy atom. The van der Waals surface area contributed by atoms with Gasteiger partial charge in [-0.25, -0.2) is 0 Å². The van der Waals surface area contributed by atoms with Crippen molar-refractivity contribution >= 4 is 17.4 Å². The van der Waals surface area contributed by atoms with Crippen LogP contribution >= 0.6 is 0 Å². The molecule has 5 unspecified atom stereocenters. The van der Waals surface area contributed by atoms with E-state index in [9.17, 15) is 9.59 Å². The van der Waals surface area contributed by atoms with Crippen LogP contribution in [0.15, 0.2) is 18.2 Å². The van der Waals surface area contributed by atoms with Gasteiger partial charge in [0.15, 0.2) is 0 Å². The molecule has 1 saturated heterocycles. The molecule has 7 atom stereocenters. The van der Waals surface area contributed by atoms with Gasteiger partial charge in [0, 0.05) is 37.0 Å². The molecule has 4 aliphatic rings. The molecule has 1 N–H and O–H groups in total. The van der Waals surface area contributed by atoms with E-state index in [0.29, 0.717) is 29.6 Å². The molecule has 40 heavy (non-hydrogen) atoms. The van der Waals surface area contributed by atoms with Gasteiger partial charge in [0.25, 0.3) is 0 Å². The molecule has 4 nitrogen and oxygen atoms in total. The average molecular weight is 549 g/mol. The van der Waals surface area contributed by atoms with E-state index in [4.69, 9.17) is 0 Å². The van der Waals surface area contributed by atoms with Gasteiger partial charge in [-0.2, -0.15) is 0 Å². The second kappa shape index (κ2) is 10.2. The topological polar surface area (TPSA) is 49.4 Å². The fourth-order valence-electron chi connectivity index (χ4n) is 9.82. The van der Waals surface area contributed by atoms with Gasteiger partial charge in [-0.15, -0.1) is 0 Å². The average Bonchev–Trinajstić information content (AvgIpc) is 3.21. The number of piperidine rings is 1. The van der Waals surface area contributed by atoms with E-state index in [1.165, 1.54) is 17.5 Å². The number of anilines is 1. The molecule has 4 heteroatoms. The van der Waals surface area contributed by atoms with Gasteiger partial charge in [-0.1, -0.05) is 74.4 Å². The first-order valence-corrected chi connectivity index (χ1v) is 16.3. The molecule has 0 spiro atoms. The summed E-state index contributed by atoms with van der Waals surface area (Å²) in [4.78, 5) is 29.5. The van der Waals surface area contributed by atoms with Crippen molar-refractivity contribution in [3.05, 3.63) is 29.3 Å². The van der Waals surface area contributed by atoms with E-state index < -0.39 is 0 Å². The van der Waals surface area contributed by atoms with Crippen LogP contribution in [-0.2, 0) is 20.4 Å². The van der Waals surface area contributed by atoms with Crippen LogP contribution in [0, 0.1) is 34.5 Å². The molecule has 0 bridgehead atoms. The highest BCUT2D eigenvalue weighted by Crippen LogP contribution is 2.65. The number of fused-ring (bicyclic) bond motifs is 5. The summed E-state index contributed by atoms with van der Waals surface area (Å²) < 4.78 is 0. The second-order valence-electron chi connectivity index (χ2n) is 16.6. The van der Waals surface area contributed by atoms with Crippen LogP contribution in [-0.4, -0.2) is 35.7 Å². The molecule has 1 aliphatic heterocycles. The maximum absolute atomic E-state index is 14.2. The van der Waals surface area contributed by atoms with Crippen molar-refractivity contribution in [2.45, 2.75) is 131 Å². The number of nitrogens with zero attached hydrogens (tertiary/aromatic N) is 1. The number of amides is 1. The Morgan fingerprint density at radius 2 is 1.68 bits per heavy atom. The van der Waals surface area contributed by atoms with Crippen LogP contribution < -0.4 is 5.32 Å². The number of likely N-dealkylation sites (tertiary alicyclic amines) is 1. The van der Waals surface area contributed by atoms with Crippen molar-refractivity contribution in [2.75, 3.05) is 18.4 Å². The summed E-state index contributed by atoms with van der Waals surface area (Å²) in [6.45, 7) is 22.9. The highest BCUT2D eigenvalue weighted by atomic mass is 16.2. The maximum Gasteiger partial charge on any atom is 0.228 e. The van der Waals surface area contributed by atoms with Gasteiger partial charge < -0.3 is 5.32 Å². The van der Waals surface area contributed by atoms with Gasteiger partial charge in [-0.3, -0.25) is 14.5 Å². The van der Waals surface area contributed by atoms with Gasteiger partial charge >= 0.3 is 0 Å². The number of rotatable bonds is 4. The summed E-state index contributed by atoms with van der Waals surface area (Å²) in [6.07, 6.45) is 8.17. The molecule has 0 radical (unpaired) electrons. The first kappa shape index (κ1) is 29.8. The van der Waals surface area contributed by atoms with Crippen molar-refractivity contribution in [2.24, 2.45) is 34.5 Å². The molecule has 0 aromatic heterocycles. The Bertz CT molecular complexity index is 1140. The normalized spacial score (nSPS) is 36.5. The zero-order chi connectivity index (χ0) is 29.3. The van der Waals surface area contributed by atoms with Crippen LogP contribution in [0.4, 0.5) is 5.69 Å². The van der Waals surface area contributed by atoms with E-state index in [-0.39, 0.29) is 33.5 Å². The van der Waals surface area contributed by atoms with Crippen LogP contribution in [0.5, 0.6) is 0 Å². The van der Waals surface area contributed by atoms with E-state index in [2.05, 4.69) is 90.7 Å². The Balaban J connectivity index is 1.42. The minimum Gasteiger partial charge on any atom is -0.326 e. The van der Waals surface area contributed by atoms with Gasteiger partial charge in [0.2, 0.25) is 5.91 Å². The number of hydrogen-bond donors (Lipinski definition) is 1. The van der Waals surface area contributed by atoms with Crippen LogP contribution in [0.3, 0.4) is 0 Å². The quantitative estimate of drug-likeness (QED) is 0.413. The van der Waals surface area contributed by atoms with Crippen LogP contribution in [0.2, 0.25) is 0 Å². The second-order valence-corrected chi connectivity index (χ2v) is 16.6. The Kier molecular flexibility index (Phi) is 7.63. The predicted molar refractivity (Wildman–Crippen MR) is 166 cm³/mol. The number of carbonyl (C=O) groups excluding carboxylic acids is 2. The Hall–Kier alpha value is -1.68. The molecule has 1 heterocycles. The van der Waals surface area contributed by atoms with Crippen LogP contribution in [0.1, 0.15) is 125 Å². The van der Waals surface area contributed by atoms with Crippen molar-refractivity contribution in [3.63, 3.8) is 0 Å². The maximum atomic E-state index is 14.2. The minimum absolute atomic E-state index is 0.0295. The van der Waals surface area contributed by atoms with Crippen LogP contribution in [0.25, 0.3) is 0 Å². The first-order chi connectivity index (χ1) is 18.6. The number of carbonyl (C=O) groups is 2. The standard InChI is InChI=1S/C36H56N2O2/c1-10-19-38-22-25-26-13-14-29(35(26,8)18-16-27(25)36(9)17-15-24(39)21-31(36)38)32(40)37-30-20-23(33(2,3)4)11-12-28(30)34(5,6)7/h11-12,20,25-27,29,31H,10,13-19,21-22H2,1-9H3,(H,37,40)/t25?,26?,27?,29?,31?,35-,36+/m0/s1. The minimum atomic E-state index is -0.0442. The summed E-state index contributed by atoms with van der Waals surface area (Å²) in [7, 11) is 0. The molecule has 4 fully saturated rings. The first-order valence-electron chi connectivity index (χ1n) is 16.3. The van der Waals surface area contributed by atoms with E-state index in [1.54, 1.807) is 0 Å². The third kappa shape index (κ3) is 4.99. The smallest absolute Gasteiger partial charge is 0.228 e. The number of hydrogen-bond acceptors (Lipinski definition) is 3. The van der Waals surface area contributed by atoms with Crippen molar-refractivity contribution in [1.29, 1.82) is 0 Å². The van der Waals surface area contributed by atoms with E-state index in [1.807, 2.05) is 0 Å². The van der Waals surface area contributed by atoms with Crippen molar-refractivity contribution in [1.82, 2.24) is 4.90 Å². The monoisotopic (exact) mass is 548 g/mol. The molecule has 1 aromatic rings. The number of benzene rings is 1. The molecule has 222 valence electrons. The fraction of sp³-hybridized carbons (Fsp3) is 0.778. The number of nitrogens with one attached hydrogen (secondary N) is 1. The zero-order valence-electron chi connectivity index (χ0n) is 27.0. The molecular formula is C36H56N2O2. The summed E-state index contributed by atoms with van der Waals surface area (Å²) in [5, 5.41) is 3.50. The molecule has 3 aliphatic carbocycles. The highest BCUT2D eigenvalue weighted by Gasteiger charge is 2.62. The largest absolute Gasteiger partial charge is 0.326 e. The van der Waals surface area contributed by atoms with Gasteiger partial charge in [0.1, 0.15) is 5.78 Å². The summed E-state index contributed by atoms with van der Waals surface area (Å²) in [5.74, 6) is 2.64. The summed E-state index contributed by atoms with van der Waals surface area (Å²) in [6, 6.07) is 7.11. The third-order valence-electron chi connectivity index (χ3n) is 12.1. The lowest BCUT2D eigenvalue weighted by molar-refractivity contribution is -0.156. The Labute approximate surface area is 244 Å². The zero-order valence-corrected chi connectivity index (χ0v) is 27.0. The van der Waals surface area contributed by atoms with Crippen molar-refractivity contribution < 1.29 is 9.59 Å². The summed E-state index contributed by atoms with van der Waals surface area (Å²) in [5.41, 5.74) is 3.73. The lowest BCUT2D eigenvalue weighted by Gasteiger charge is -2.63. The lowest BCUT2D eigenvalue weighted by Crippen LogP contribution is -2.64. The SMILES string of the molecule is CCCN1CC2C3CCC(C(=O)Nc4cc(C(C)(C)C)ccc4C(C)(C)C)[C@@]3(C)CCC2[C@@]2(C)CCC(=O)CC12. The molecular weight excluding hydrogens is 492 g/mol. The van der Waals surface area contributed by atoms with E-state index in [0.717, 1.165) is 63.7 Å². The van der Waals surface area contributed by atoms with Crippen molar-refractivity contribution in [3.8, 4) is 0 Å². The lowest BCUT2D eigenvalue weighted by atomic mass is 9.48. The third-order valence-corrected chi connectivity index (χ3v) is 12.1. The summed E-state index contributed by atoms with van der Waals surface area (Å²) >= 11 is 0. The fourth-order valence-corrected chi connectivity index (χ4v) is 9.82. The molecule has 1 aromatic carbocycles. The molecule has 1 amide bonds. The highest BCUT2D eigenvalue weighted by molar-refractivity contribution is 5.94. The molecule has 5 rings (SSSR count). The predicted octanol–water partition coefficient (Wildman–Crippen LogP) is 8.13. The molecule has 3 saturated carbocycles. The van der Waals surface area contributed by atoms with Gasteiger partial charge in [-0.05, 0) is 102 Å². The van der Waals surface area contributed by atoms with Gasteiger partial charge in [0.05, 0.1) is 0 Å². The number of Topliss-reactive ketones (excluding diaryl/α,β-unsaturated/α-hetero) is 1. The number of ketones is 1. The Morgan fingerprint density at radius 3 is 2.33 bits per heavy atom. The van der Waals surface area contributed by atoms with E-state index >= 15 is 0 Å².